The summed E-state index contributed by atoms with van der Waals surface area (Å²) in [4.78, 5) is 0. The zero-order valence-electron chi connectivity index (χ0n) is 2.75. The Kier molecular flexibility index (Phi) is 2360. The van der Waals surface area contributed by atoms with Crippen LogP contribution in [-0.2, 0) is 64.4 Å². The maximum absolute atomic E-state index is 7.88. The molecule has 0 amide bonds. The van der Waals surface area contributed by atoms with Crippen molar-refractivity contribution in [3.05, 3.63) is 0 Å². The van der Waals surface area contributed by atoms with Gasteiger partial charge in [0.15, 0.2) is 0 Å². The van der Waals surface area contributed by atoms with Crippen LogP contribution < -0.4 is 0 Å². The van der Waals surface area contributed by atoms with Crippen LogP contribution in [0, 0.1) is 0 Å². The van der Waals surface area contributed by atoms with Gasteiger partial charge in [-0.25, -0.2) is 0 Å². The Hall–Kier alpha value is 1.21. The van der Waals surface area contributed by atoms with Crippen molar-refractivity contribution in [2.75, 3.05) is 0 Å². The van der Waals surface area contributed by atoms with Crippen LogP contribution in [0.1, 0.15) is 0 Å². The molecule has 0 aromatic rings. The molecule has 0 saturated heterocycles. The minimum atomic E-state index is 0. The first-order valence-electron chi connectivity index (χ1n) is 0.129. The molecule has 0 aliphatic heterocycles. The first-order chi connectivity index (χ1) is 1.00. The van der Waals surface area contributed by atoms with Crippen LogP contribution in [0.2, 0.25) is 0 Å². The average molecular weight is 236 g/mol. The second-order valence-electron chi connectivity index (χ2n) is 0. The van der Waals surface area contributed by atoms with Gasteiger partial charge in [-0.05, 0) is 0 Å². The van der Waals surface area contributed by atoms with Crippen LogP contribution in [0.15, 0.2) is 0 Å². The molecule has 0 heterocycles. The molecule has 0 atom stereocenters. The SMILES string of the molecule is O.[Fe+2].[Fe+2].[O-2].[O-2].[O]=[Ni]. The summed E-state index contributed by atoms with van der Waals surface area (Å²) < 4.78 is 7.88. The van der Waals surface area contributed by atoms with E-state index >= 15 is 0 Å². The molecule has 0 aliphatic carbocycles. The Balaban J connectivity index is -0.000000000500. The maximum atomic E-state index is 7.88. The summed E-state index contributed by atoms with van der Waals surface area (Å²) in [5, 5.41) is 0. The van der Waals surface area contributed by atoms with Crippen LogP contribution in [-0.4, -0.2) is 5.48 Å². The van der Waals surface area contributed by atoms with E-state index in [1.54, 1.807) is 0 Å². The van der Waals surface area contributed by atoms with Crippen LogP contribution in [0.5, 0.6) is 0 Å². The van der Waals surface area contributed by atoms with Crippen molar-refractivity contribution in [3.8, 4) is 0 Å². The van der Waals surface area contributed by atoms with Gasteiger partial charge in [0.25, 0.3) is 0 Å². The quantitative estimate of drug-likeness (QED) is 0.485. The number of rotatable bonds is 0. The van der Waals surface area contributed by atoms with E-state index in [2.05, 4.69) is 15.4 Å². The van der Waals surface area contributed by atoms with Gasteiger partial charge in [0.05, 0.1) is 0 Å². The van der Waals surface area contributed by atoms with Crippen molar-refractivity contribution in [3.63, 3.8) is 0 Å². The third-order valence-electron chi connectivity index (χ3n) is 0. The fourth-order valence-corrected chi connectivity index (χ4v) is 0. The van der Waals surface area contributed by atoms with Gasteiger partial charge in [-0.3, -0.25) is 0 Å². The molecule has 52 valence electrons. The summed E-state index contributed by atoms with van der Waals surface area (Å²) in [5.74, 6) is 0. The van der Waals surface area contributed by atoms with E-state index in [9.17, 15) is 0 Å². The third-order valence-corrected chi connectivity index (χ3v) is 0. The van der Waals surface area contributed by atoms with Crippen molar-refractivity contribution in [1.82, 2.24) is 0 Å². The normalized spacial score (nSPS) is 0.857. The van der Waals surface area contributed by atoms with Gasteiger partial charge in [0.2, 0.25) is 0 Å². The molecule has 0 radical (unpaired) electrons. The predicted molar refractivity (Wildman–Crippen MR) is 5.67 cm³/mol. The molecule has 0 fully saturated rings. The zero-order valence-corrected chi connectivity index (χ0v) is 5.94. The van der Waals surface area contributed by atoms with E-state index in [0.29, 0.717) is 0 Å². The Morgan fingerprint density at radius 2 is 0.857 bits per heavy atom. The molecule has 0 rings (SSSR count). The predicted octanol–water partition coefficient (Wildman–Crippen LogP) is -1.19. The summed E-state index contributed by atoms with van der Waals surface area (Å²) >= 11 is 2.62. The Labute approximate surface area is 69.9 Å². The van der Waals surface area contributed by atoms with Gasteiger partial charge in [0, 0.05) is 0 Å². The monoisotopic (exact) mass is 236 g/mol. The molecular weight excluding hydrogens is 234 g/mol. The molecule has 4 nitrogen and oxygen atoms in total. The molecule has 2 N–H and O–H groups in total. The molecule has 7 heavy (non-hydrogen) atoms. The first kappa shape index (κ1) is 87.3. The van der Waals surface area contributed by atoms with E-state index in [0.717, 1.165) is 0 Å². The third kappa shape index (κ3) is 133. The molecule has 0 aromatic heterocycles. The second-order valence-corrected chi connectivity index (χ2v) is 0. The molecule has 0 aliphatic rings. The fraction of sp³-hybridized carbons (Fsp3) is 0. The van der Waals surface area contributed by atoms with Gasteiger partial charge >= 0.3 is 53.4 Å². The summed E-state index contributed by atoms with van der Waals surface area (Å²) in [5.41, 5.74) is 0. The topological polar surface area (TPSA) is 106 Å². The first-order valence-corrected chi connectivity index (χ1v) is 0.532. The molecular formula is H2Fe2NiO4. The average Bonchev–Trinajstić information content (AvgIpc) is 1.00. The standard InChI is InChI=1S/2Fe.Ni.H2O.3O/h;;;1H2;;;/q2*+2;;;;2*-2. The molecule has 0 spiro atoms. The van der Waals surface area contributed by atoms with Crippen LogP contribution >= 0.6 is 0 Å². The van der Waals surface area contributed by atoms with Gasteiger partial charge in [0.1, 0.15) is 0 Å². The van der Waals surface area contributed by atoms with Crippen molar-refractivity contribution < 1.29 is 69.9 Å². The number of hydrogen-bond donors (Lipinski definition) is 0. The van der Waals surface area contributed by atoms with Crippen LogP contribution in [0.3, 0.4) is 0 Å². The van der Waals surface area contributed by atoms with E-state index < -0.39 is 0 Å². The van der Waals surface area contributed by atoms with Crippen molar-refractivity contribution >= 4 is 0 Å². The number of hydrogen-bond acceptors (Lipinski definition) is 1. The zero-order chi connectivity index (χ0) is 2.00. The Morgan fingerprint density at radius 3 is 0.857 bits per heavy atom. The van der Waals surface area contributed by atoms with E-state index in [-0.39, 0.29) is 50.6 Å². The van der Waals surface area contributed by atoms with Gasteiger partial charge in [-0.15, -0.1) is 0 Å². The molecule has 0 aromatic carbocycles. The fourth-order valence-electron chi connectivity index (χ4n) is 0. The van der Waals surface area contributed by atoms with Crippen molar-refractivity contribution in [2.24, 2.45) is 0 Å². The van der Waals surface area contributed by atoms with Crippen molar-refractivity contribution in [1.29, 1.82) is 0 Å². The van der Waals surface area contributed by atoms with Gasteiger partial charge in [-0.2, -0.15) is 0 Å². The summed E-state index contributed by atoms with van der Waals surface area (Å²) in [7, 11) is 0. The molecule has 0 bridgehead atoms. The Bertz CT molecular complexity index is 9.65. The summed E-state index contributed by atoms with van der Waals surface area (Å²) in [6, 6.07) is 0. The van der Waals surface area contributed by atoms with E-state index in [1.807, 2.05) is 0 Å². The second kappa shape index (κ2) is 189. The van der Waals surface area contributed by atoms with Gasteiger partial charge < -0.3 is 16.4 Å². The Morgan fingerprint density at radius 1 is 0.857 bits per heavy atom. The van der Waals surface area contributed by atoms with Gasteiger partial charge in [-0.1, -0.05) is 0 Å². The molecule has 0 unspecified atom stereocenters. The summed E-state index contributed by atoms with van der Waals surface area (Å²) in [6.07, 6.45) is 0. The summed E-state index contributed by atoms with van der Waals surface area (Å²) in [6.45, 7) is 0. The van der Waals surface area contributed by atoms with E-state index in [4.69, 9.17) is 3.90 Å². The van der Waals surface area contributed by atoms with Crippen LogP contribution in [0.25, 0.3) is 0 Å². The van der Waals surface area contributed by atoms with E-state index in [1.165, 1.54) is 0 Å². The minimum absolute atomic E-state index is 0. The van der Waals surface area contributed by atoms with Crippen LogP contribution in [0.4, 0.5) is 0 Å². The molecule has 0 saturated carbocycles. The van der Waals surface area contributed by atoms with Crippen molar-refractivity contribution in [2.45, 2.75) is 0 Å². The molecule has 7 heteroatoms.